The van der Waals surface area contributed by atoms with Crippen LogP contribution in [0.4, 0.5) is 19.0 Å². The first-order valence-electron chi connectivity index (χ1n) is 13.6. The number of nitrogens with zero attached hydrogens (tertiary/aromatic N) is 3. The normalized spacial score (nSPS) is 18.4. The first-order chi connectivity index (χ1) is 18.9. The number of ether oxygens (including phenoxy) is 1. The zero-order valence-electron chi connectivity index (χ0n) is 23.6. The summed E-state index contributed by atoms with van der Waals surface area (Å²) in [7, 11) is 3.34. The molecule has 0 bridgehead atoms. The molecule has 0 aliphatic heterocycles. The molecule has 40 heavy (non-hydrogen) atoms. The molecule has 1 atom stereocenters. The number of benzene rings is 2. The van der Waals surface area contributed by atoms with Gasteiger partial charge in [-0.05, 0) is 81.2 Å². The molecule has 2 aromatic carbocycles. The van der Waals surface area contributed by atoms with Crippen LogP contribution in [0.3, 0.4) is 0 Å². The molecular weight excluding hydrogens is 521 g/mol. The Bertz CT molecular complexity index is 1370. The molecule has 10 heteroatoms. The van der Waals surface area contributed by atoms with Crippen molar-refractivity contribution < 1.29 is 27.8 Å². The molecule has 4 rings (SSSR count). The van der Waals surface area contributed by atoms with Gasteiger partial charge in [0, 0.05) is 31.0 Å². The van der Waals surface area contributed by atoms with Crippen LogP contribution in [0.25, 0.3) is 10.9 Å². The van der Waals surface area contributed by atoms with Crippen molar-refractivity contribution in [2.45, 2.75) is 64.6 Å². The Kier molecular flexibility index (Phi) is 8.87. The number of aryl methyl sites for hydroxylation is 1. The molecule has 0 saturated heterocycles. The standard InChI is InChI=1S/C30H37F3N4O3/c1-17-22(7-6-8-25(17)30(31,32)33)18(2)34-28-24-15-23(27(40-5)16-26(24)35-19(3)36-28)20-9-11-21(12-10-20)29(39)37(4)13-14-38/h6-8,15-16,18,20-21,38H,9-14H2,1-5H3,(H,34,35,36)/t18-,20-,21-/m1/s1. The number of likely N-dealkylation sites (N-methyl/N-ethyl adjacent to an activating group) is 1. The van der Waals surface area contributed by atoms with Gasteiger partial charge in [-0.3, -0.25) is 4.79 Å². The van der Waals surface area contributed by atoms with E-state index < -0.39 is 17.8 Å². The summed E-state index contributed by atoms with van der Waals surface area (Å²) in [5.41, 5.74) is 1.76. The number of hydrogen-bond donors (Lipinski definition) is 2. The van der Waals surface area contributed by atoms with Crippen LogP contribution >= 0.6 is 0 Å². The maximum atomic E-state index is 13.5. The second-order valence-corrected chi connectivity index (χ2v) is 10.6. The summed E-state index contributed by atoms with van der Waals surface area (Å²) < 4.78 is 46.3. The monoisotopic (exact) mass is 558 g/mol. The molecule has 1 fully saturated rings. The van der Waals surface area contributed by atoms with Crippen molar-refractivity contribution in [3.05, 3.63) is 58.4 Å². The van der Waals surface area contributed by atoms with Gasteiger partial charge in [0.1, 0.15) is 17.4 Å². The number of carbonyl (C=O) groups is 1. The first-order valence-corrected chi connectivity index (χ1v) is 13.6. The molecule has 1 saturated carbocycles. The lowest BCUT2D eigenvalue weighted by Crippen LogP contribution is -2.36. The minimum absolute atomic E-state index is 0.0598. The number of methoxy groups -OCH3 is 1. The van der Waals surface area contributed by atoms with E-state index in [1.807, 2.05) is 19.1 Å². The fourth-order valence-electron chi connectivity index (χ4n) is 5.83. The molecule has 0 spiro atoms. The number of alkyl halides is 3. The van der Waals surface area contributed by atoms with Gasteiger partial charge in [-0.25, -0.2) is 9.97 Å². The molecule has 7 nitrogen and oxygen atoms in total. The number of anilines is 1. The lowest BCUT2D eigenvalue weighted by Gasteiger charge is -2.31. The first kappa shape index (κ1) is 29.6. The summed E-state index contributed by atoms with van der Waals surface area (Å²) in [6, 6.07) is 7.69. The summed E-state index contributed by atoms with van der Waals surface area (Å²) in [4.78, 5) is 23.5. The molecule has 1 aromatic heterocycles. The number of aliphatic hydroxyl groups is 1. The number of amides is 1. The number of aliphatic hydroxyl groups excluding tert-OH is 1. The maximum Gasteiger partial charge on any atom is 0.416 e. The van der Waals surface area contributed by atoms with Gasteiger partial charge in [-0.2, -0.15) is 13.2 Å². The molecule has 0 unspecified atom stereocenters. The Hall–Kier alpha value is -3.40. The molecule has 2 N–H and O–H groups in total. The fraction of sp³-hybridized carbons (Fsp3) is 0.500. The molecule has 0 radical (unpaired) electrons. The van der Waals surface area contributed by atoms with Crippen LogP contribution in [0, 0.1) is 19.8 Å². The zero-order valence-corrected chi connectivity index (χ0v) is 23.6. The van der Waals surface area contributed by atoms with Gasteiger partial charge >= 0.3 is 6.18 Å². The fourth-order valence-corrected chi connectivity index (χ4v) is 5.83. The van der Waals surface area contributed by atoms with Crippen LogP contribution in [0.15, 0.2) is 30.3 Å². The number of rotatable bonds is 8. The molecule has 1 aliphatic rings. The second-order valence-electron chi connectivity index (χ2n) is 10.6. The van der Waals surface area contributed by atoms with E-state index in [0.29, 0.717) is 35.0 Å². The number of fused-ring (bicyclic) bond motifs is 1. The minimum Gasteiger partial charge on any atom is -0.496 e. The Balaban J connectivity index is 1.64. The smallest absolute Gasteiger partial charge is 0.416 e. The topological polar surface area (TPSA) is 87.6 Å². The van der Waals surface area contributed by atoms with E-state index in [4.69, 9.17) is 9.84 Å². The van der Waals surface area contributed by atoms with Crippen molar-refractivity contribution in [1.29, 1.82) is 0 Å². The van der Waals surface area contributed by atoms with E-state index in [2.05, 4.69) is 15.3 Å². The highest BCUT2D eigenvalue weighted by Crippen LogP contribution is 2.43. The van der Waals surface area contributed by atoms with Gasteiger partial charge < -0.3 is 20.1 Å². The largest absolute Gasteiger partial charge is 0.496 e. The highest BCUT2D eigenvalue weighted by molar-refractivity contribution is 5.91. The lowest BCUT2D eigenvalue weighted by atomic mass is 9.77. The van der Waals surface area contributed by atoms with Crippen molar-refractivity contribution >= 4 is 22.6 Å². The maximum absolute atomic E-state index is 13.5. The number of carbonyl (C=O) groups excluding carboxylic acids is 1. The van der Waals surface area contributed by atoms with Gasteiger partial charge in [0.15, 0.2) is 0 Å². The number of halogens is 3. The summed E-state index contributed by atoms with van der Waals surface area (Å²) in [6.07, 6.45) is -1.34. The van der Waals surface area contributed by atoms with E-state index in [-0.39, 0.29) is 29.9 Å². The van der Waals surface area contributed by atoms with Gasteiger partial charge in [0.2, 0.25) is 5.91 Å². The summed E-state index contributed by atoms with van der Waals surface area (Å²) >= 11 is 0. The Labute approximate surface area is 232 Å². The van der Waals surface area contributed by atoms with Crippen LogP contribution in [0.1, 0.15) is 72.6 Å². The van der Waals surface area contributed by atoms with E-state index in [9.17, 15) is 18.0 Å². The van der Waals surface area contributed by atoms with Crippen LogP contribution in [0.2, 0.25) is 0 Å². The summed E-state index contributed by atoms with van der Waals surface area (Å²) in [5, 5.41) is 13.3. The van der Waals surface area contributed by atoms with Crippen LogP contribution in [-0.4, -0.2) is 53.2 Å². The second kappa shape index (κ2) is 12.0. The molecular formula is C30H37F3N4O3. The van der Waals surface area contributed by atoms with E-state index in [1.54, 1.807) is 32.0 Å². The number of nitrogens with one attached hydrogen (secondary N) is 1. The van der Waals surface area contributed by atoms with E-state index in [0.717, 1.165) is 42.7 Å². The third-order valence-corrected chi connectivity index (χ3v) is 7.99. The Morgan fingerprint density at radius 3 is 2.50 bits per heavy atom. The average molecular weight is 559 g/mol. The van der Waals surface area contributed by atoms with Gasteiger partial charge in [0.05, 0.1) is 30.8 Å². The van der Waals surface area contributed by atoms with Gasteiger partial charge in [0.25, 0.3) is 0 Å². The summed E-state index contributed by atoms with van der Waals surface area (Å²) in [6.45, 7) is 5.35. The Morgan fingerprint density at radius 2 is 1.88 bits per heavy atom. The molecule has 1 aliphatic carbocycles. The minimum atomic E-state index is -4.43. The van der Waals surface area contributed by atoms with Gasteiger partial charge in [-0.1, -0.05) is 12.1 Å². The van der Waals surface area contributed by atoms with Crippen LogP contribution < -0.4 is 10.1 Å². The van der Waals surface area contributed by atoms with Crippen molar-refractivity contribution in [2.24, 2.45) is 5.92 Å². The van der Waals surface area contributed by atoms with Crippen molar-refractivity contribution in [1.82, 2.24) is 14.9 Å². The zero-order chi connectivity index (χ0) is 29.2. The van der Waals surface area contributed by atoms with Crippen molar-refractivity contribution in [2.75, 3.05) is 32.6 Å². The highest BCUT2D eigenvalue weighted by Gasteiger charge is 2.34. The third kappa shape index (κ3) is 6.16. The van der Waals surface area contributed by atoms with E-state index >= 15 is 0 Å². The predicted molar refractivity (Wildman–Crippen MR) is 148 cm³/mol. The average Bonchev–Trinajstić information content (AvgIpc) is 2.91. The molecule has 3 aromatic rings. The Morgan fingerprint density at radius 1 is 1.18 bits per heavy atom. The molecule has 216 valence electrons. The predicted octanol–water partition coefficient (Wildman–Crippen LogP) is 6.17. The molecule has 1 heterocycles. The van der Waals surface area contributed by atoms with Crippen LogP contribution in [0.5, 0.6) is 5.75 Å². The van der Waals surface area contributed by atoms with Gasteiger partial charge in [-0.15, -0.1) is 0 Å². The number of aromatic nitrogens is 2. The quantitative estimate of drug-likeness (QED) is 0.344. The lowest BCUT2D eigenvalue weighted by molar-refractivity contribution is -0.138. The highest BCUT2D eigenvalue weighted by atomic mass is 19.4. The number of hydrogen-bond acceptors (Lipinski definition) is 6. The van der Waals surface area contributed by atoms with Crippen molar-refractivity contribution in [3.63, 3.8) is 0 Å². The SMILES string of the molecule is COc1cc2nc(C)nc(N[C@H](C)c3cccc(C(F)(F)F)c3C)c2cc1[C@H]1CC[C@H](C(=O)N(C)CCO)CC1. The summed E-state index contributed by atoms with van der Waals surface area (Å²) in [5.74, 6) is 1.95. The van der Waals surface area contributed by atoms with Crippen LogP contribution in [-0.2, 0) is 11.0 Å². The van der Waals surface area contributed by atoms with E-state index in [1.165, 1.54) is 13.0 Å². The van der Waals surface area contributed by atoms with Crippen molar-refractivity contribution in [3.8, 4) is 5.75 Å². The third-order valence-electron chi connectivity index (χ3n) is 7.99. The molecule has 1 amide bonds.